The predicted molar refractivity (Wildman–Crippen MR) is 248 cm³/mol. The van der Waals surface area contributed by atoms with Crippen molar-refractivity contribution < 1.29 is 4.42 Å². The number of hydrogen-bond donors (Lipinski definition) is 0. The quantitative estimate of drug-likeness (QED) is 0.161. The molecule has 0 spiro atoms. The van der Waals surface area contributed by atoms with Gasteiger partial charge in [0.05, 0.1) is 0 Å². The lowest BCUT2D eigenvalue weighted by atomic mass is 9.81. The molecule has 1 heterocycles. The second-order valence-electron chi connectivity index (χ2n) is 16.1. The van der Waals surface area contributed by atoms with E-state index in [1.807, 2.05) is 0 Å². The molecular formula is C57H41NO. The van der Waals surface area contributed by atoms with Crippen LogP contribution in [0.3, 0.4) is 0 Å². The molecule has 0 N–H and O–H groups in total. The molecule has 0 saturated carbocycles. The van der Waals surface area contributed by atoms with Crippen molar-refractivity contribution in [3.63, 3.8) is 0 Å². The fraction of sp³-hybridized carbons (Fsp3) is 0.0526. The molecule has 0 amide bonds. The summed E-state index contributed by atoms with van der Waals surface area (Å²) in [6, 6.07) is 76.7. The van der Waals surface area contributed by atoms with Crippen molar-refractivity contribution in [1.29, 1.82) is 0 Å². The van der Waals surface area contributed by atoms with Crippen LogP contribution >= 0.6 is 0 Å². The summed E-state index contributed by atoms with van der Waals surface area (Å²) in [4.78, 5) is 2.40. The Labute approximate surface area is 345 Å². The Morgan fingerprint density at radius 2 is 0.797 bits per heavy atom. The van der Waals surface area contributed by atoms with E-state index < -0.39 is 0 Å². The Kier molecular flexibility index (Phi) is 8.20. The Morgan fingerprint density at radius 1 is 0.356 bits per heavy atom. The molecule has 1 aliphatic rings. The zero-order valence-electron chi connectivity index (χ0n) is 33.1. The van der Waals surface area contributed by atoms with E-state index >= 15 is 0 Å². The van der Waals surface area contributed by atoms with Crippen LogP contribution in [0, 0.1) is 0 Å². The second-order valence-corrected chi connectivity index (χ2v) is 16.1. The lowest BCUT2D eigenvalue weighted by Crippen LogP contribution is -2.15. The van der Waals surface area contributed by atoms with Gasteiger partial charge in [-0.3, -0.25) is 0 Å². The van der Waals surface area contributed by atoms with Gasteiger partial charge >= 0.3 is 0 Å². The van der Waals surface area contributed by atoms with Gasteiger partial charge in [-0.25, -0.2) is 0 Å². The Morgan fingerprint density at radius 3 is 1.34 bits per heavy atom. The van der Waals surface area contributed by atoms with Crippen LogP contribution in [-0.2, 0) is 5.41 Å². The highest BCUT2D eigenvalue weighted by Gasteiger charge is 2.39. The number of para-hydroxylation sites is 1. The van der Waals surface area contributed by atoms with Crippen LogP contribution in [0.4, 0.5) is 17.1 Å². The van der Waals surface area contributed by atoms with Crippen molar-refractivity contribution in [3.8, 4) is 55.6 Å². The number of fused-ring (bicyclic) bond motifs is 6. The van der Waals surface area contributed by atoms with Gasteiger partial charge in [0.2, 0.25) is 0 Å². The summed E-state index contributed by atoms with van der Waals surface area (Å²) in [6.07, 6.45) is 0. The number of anilines is 3. The van der Waals surface area contributed by atoms with Crippen LogP contribution in [0.15, 0.2) is 217 Å². The summed E-state index contributed by atoms with van der Waals surface area (Å²) in [5.74, 6) is 0. The van der Waals surface area contributed by atoms with E-state index in [4.69, 9.17) is 4.42 Å². The molecule has 11 rings (SSSR count). The van der Waals surface area contributed by atoms with Crippen LogP contribution in [0.5, 0.6) is 0 Å². The van der Waals surface area contributed by atoms with Crippen molar-refractivity contribution in [1.82, 2.24) is 0 Å². The minimum atomic E-state index is -0.236. The molecule has 280 valence electrons. The molecular weight excluding hydrogens is 715 g/mol. The molecule has 1 aromatic heterocycles. The molecule has 2 nitrogen and oxygen atoms in total. The van der Waals surface area contributed by atoms with Gasteiger partial charge in [0.15, 0.2) is 0 Å². The highest BCUT2D eigenvalue weighted by Crippen LogP contribution is 2.56. The normalized spacial score (nSPS) is 12.7. The number of furan rings is 1. The van der Waals surface area contributed by atoms with Crippen LogP contribution in [0.25, 0.3) is 77.6 Å². The SMILES string of the molecule is CC1(C)c2ccc(N(c3ccc(-c4ccccc4)cc3)c3ccc(-c4ccc(-c5ccccc5)cc4)cc3)cc2-c2c1cc1oc3ccccc3c1c2-c1ccccc1. The Balaban J connectivity index is 1.07. The van der Waals surface area contributed by atoms with E-state index in [-0.39, 0.29) is 5.41 Å². The maximum absolute atomic E-state index is 6.61. The molecule has 2 heteroatoms. The van der Waals surface area contributed by atoms with Crippen LogP contribution in [-0.4, -0.2) is 0 Å². The topological polar surface area (TPSA) is 16.4 Å². The second kappa shape index (κ2) is 13.9. The largest absolute Gasteiger partial charge is 0.456 e. The lowest BCUT2D eigenvalue weighted by molar-refractivity contribution is 0.647. The van der Waals surface area contributed by atoms with E-state index in [0.29, 0.717) is 0 Å². The van der Waals surface area contributed by atoms with Gasteiger partial charge in [-0.05, 0) is 110 Å². The summed E-state index contributed by atoms with van der Waals surface area (Å²) in [7, 11) is 0. The summed E-state index contributed by atoms with van der Waals surface area (Å²) in [5.41, 5.74) is 19.7. The van der Waals surface area contributed by atoms with Gasteiger partial charge in [-0.1, -0.05) is 178 Å². The lowest BCUT2D eigenvalue weighted by Gasteiger charge is -2.27. The van der Waals surface area contributed by atoms with Crippen molar-refractivity contribution in [2.24, 2.45) is 0 Å². The molecule has 1 aliphatic carbocycles. The number of nitrogens with zero attached hydrogens (tertiary/aromatic N) is 1. The highest BCUT2D eigenvalue weighted by molar-refractivity contribution is 6.17. The fourth-order valence-corrected chi connectivity index (χ4v) is 9.29. The average molecular weight is 756 g/mol. The molecule has 9 aromatic carbocycles. The fourth-order valence-electron chi connectivity index (χ4n) is 9.29. The van der Waals surface area contributed by atoms with E-state index in [9.17, 15) is 0 Å². The molecule has 0 aliphatic heterocycles. The van der Waals surface area contributed by atoms with Gasteiger partial charge in [-0.15, -0.1) is 0 Å². The first kappa shape index (κ1) is 34.8. The first-order valence-corrected chi connectivity index (χ1v) is 20.4. The average Bonchev–Trinajstić information content (AvgIpc) is 3.78. The van der Waals surface area contributed by atoms with E-state index in [2.05, 4.69) is 231 Å². The third kappa shape index (κ3) is 5.87. The number of hydrogen-bond acceptors (Lipinski definition) is 2. The minimum absolute atomic E-state index is 0.236. The van der Waals surface area contributed by atoms with Gasteiger partial charge in [-0.2, -0.15) is 0 Å². The third-order valence-corrected chi connectivity index (χ3v) is 12.3. The smallest absolute Gasteiger partial charge is 0.136 e. The molecule has 0 fully saturated rings. The first-order valence-electron chi connectivity index (χ1n) is 20.4. The summed E-state index contributed by atoms with van der Waals surface area (Å²) in [6.45, 7) is 4.71. The van der Waals surface area contributed by atoms with Gasteiger partial charge in [0.1, 0.15) is 11.2 Å². The zero-order valence-corrected chi connectivity index (χ0v) is 33.1. The summed E-state index contributed by atoms with van der Waals surface area (Å²) >= 11 is 0. The number of rotatable bonds is 7. The van der Waals surface area contributed by atoms with Crippen molar-refractivity contribution in [3.05, 3.63) is 223 Å². The standard InChI is InChI=1S/C57H41NO/c1-57(2)50-35-34-47(36-49(50)55-51(57)37-53-56(48-20-12-13-21-52(48)59-53)54(55)44-18-10-5-11-19-44)58(45-30-26-42(27-31-45)39-16-8-4-9-17-39)46-32-28-43(29-33-46)41-24-22-40(23-25-41)38-14-6-3-7-15-38/h3-37H,1-2H3. The monoisotopic (exact) mass is 755 g/mol. The van der Waals surface area contributed by atoms with Gasteiger partial charge in [0, 0.05) is 38.8 Å². The first-order chi connectivity index (χ1) is 29.0. The molecule has 0 bridgehead atoms. The highest BCUT2D eigenvalue weighted by atomic mass is 16.3. The van der Waals surface area contributed by atoms with Crippen molar-refractivity contribution >= 4 is 39.0 Å². The molecule has 0 unspecified atom stereocenters. The van der Waals surface area contributed by atoms with E-state index in [1.54, 1.807) is 0 Å². The van der Waals surface area contributed by atoms with Crippen molar-refractivity contribution in [2.75, 3.05) is 4.90 Å². The zero-order chi connectivity index (χ0) is 39.5. The Bertz CT molecular complexity index is 3130. The predicted octanol–water partition coefficient (Wildman–Crippen LogP) is 16.0. The van der Waals surface area contributed by atoms with Crippen LogP contribution in [0.1, 0.15) is 25.0 Å². The van der Waals surface area contributed by atoms with E-state index in [1.165, 1.54) is 72.1 Å². The third-order valence-electron chi connectivity index (χ3n) is 12.3. The molecule has 0 saturated heterocycles. The number of benzene rings is 9. The summed E-state index contributed by atoms with van der Waals surface area (Å²) < 4.78 is 6.61. The Hall–Kier alpha value is -7.42. The van der Waals surface area contributed by atoms with Crippen molar-refractivity contribution in [2.45, 2.75) is 19.3 Å². The van der Waals surface area contributed by atoms with Crippen LogP contribution in [0.2, 0.25) is 0 Å². The van der Waals surface area contributed by atoms with Gasteiger partial charge < -0.3 is 9.32 Å². The molecule has 0 radical (unpaired) electrons. The summed E-state index contributed by atoms with van der Waals surface area (Å²) in [5, 5.41) is 2.31. The molecule has 59 heavy (non-hydrogen) atoms. The van der Waals surface area contributed by atoms with E-state index in [0.717, 1.165) is 33.6 Å². The van der Waals surface area contributed by atoms with Gasteiger partial charge in [0.25, 0.3) is 0 Å². The minimum Gasteiger partial charge on any atom is -0.456 e. The maximum Gasteiger partial charge on any atom is 0.136 e. The molecule has 10 aromatic rings. The molecule has 0 atom stereocenters. The van der Waals surface area contributed by atoms with Crippen LogP contribution < -0.4 is 4.90 Å². The maximum atomic E-state index is 6.61.